The number of benzene rings is 2. The summed E-state index contributed by atoms with van der Waals surface area (Å²) in [5.41, 5.74) is 3.57. The van der Waals surface area contributed by atoms with Crippen LogP contribution < -0.4 is 14.8 Å². The molecule has 2 heterocycles. The molecule has 5 rings (SSSR count). The first-order chi connectivity index (χ1) is 16.7. The molecule has 1 aliphatic heterocycles. The summed E-state index contributed by atoms with van der Waals surface area (Å²) in [6, 6.07) is 10.9. The smallest absolute Gasteiger partial charge is 0.259 e. The highest BCUT2D eigenvalue weighted by Crippen LogP contribution is 2.45. The van der Waals surface area contributed by atoms with Crippen LogP contribution in [0.3, 0.4) is 0 Å². The first kappa shape index (κ1) is 24.3. The molecule has 1 amide bonds. The maximum Gasteiger partial charge on any atom is 0.259 e. The van der Waals surface area contributed by atoms with Gasteiger partial charge in [-0.3, -0.25) is 4.79 Å². The van der Waals surface area contributed by atoms with Crippen LogP contribution in [0.25, 0.3) is 0 Å². The van der Waals surface area contributed by atoms with Gasteiger partial charge in [-0.05, 0) is 88.5 Å². The lowest BCUT2D eigenvalue weighted by Crippen LogP contribution is -2.27. The van der Waals surface area contributed by atoms with Crippen molar-refractivity contribution in [3.63, 3.8) is 0 Å². The lowest BCUT2D eigenvalue weighted by atomic mass is 9.72. The molecule has 8 heteroatoms. The van der Waals surface area contributed by atoms with Crippen molar-refractivity contribution in [3.05, 3.63) is 67.5 Å². The van der Waals surface area contributed by atoms with Crippen LogP contribution in [0.2, 0.25) is 5.02 Å². The Kier molecular flexibility index (Phi) is 6.68. The summed E-state index contributed by atoms with van der Waals surface area (Å²) in [6.07, 6.45) is 4.68. The van der Waals surface area contributed by atoms with Gasteiger partial charge in [-0.25, -0.2) is 4.99 Å². The van der Waals surface area contributed by atoms with Crippen molar-refractivity contribution in [2.24, 2.45) is 16.3 Å². The number of carbonyl (C=O) groups is 1. The Labute approximate surface area is 222 Å². The zero-order chi connectivity index (χ0) is 24.7. The van der Waals surface area contributed by atoms with Gasteiger partial charge in [-0.2, -0.15) is 0 Å². The molecular formula is C27H26BrClN2O3S. The van der Waals surface area contributed by atoms with Gasteiger partial charge in [0.2, 0.25) is 6.79 Å². The van der Waals surface area contributed by atoms with E-state index < -0.39 is 0 Å². The van der Waals surface area contributed by atoms with Crippen LogP contribution in [0, 0.1) is 11.3 Å². The van der Waals surface area contributed by atoms with Gasteiger partial charge in [-0.15, -0.1) is 11.3 Å². The second-order valence-electron chi connectivity index (χ2n) is 9.94. The Bertz CT molecular complexity index is 1310. The third kappa shape index (κ3) is 5.13. The molecule has 0 spiro atoms. The van der Waals surface area contributed by atoms with E-state index in [0.29, 0.717) is 33.7 Å². The number of ether oxygens (including phenoxy) is 2. The van der Waals surface area contributed by atoms with Crippen LogP contribution in [0.5, 0.6) is 11.5 Å². The lowest BCUT2D eigenvalue weighted by molar-refractivity contribution is 0.102. The predicted molar refractivity (Wildman–Crippen MR) is 146 cm³/mol. The van der Waals surface area contributed by atoms with E-state index >= 15 is 0 Å². The van der Waals surface area contributed by atoms with Gasteiger partial charge in [0, 0.05) is 31.8 Å². The fourth-order valence-electron chi connectivity index (χ4n) is 4.52. The Morgan fingerprint density at radius 1 is 1.20 bits per heavy atom. The largest absolute Gasteiger partial charge is 0.454 e. The van der Waals surface area contributed by atoms with Gasteiger partial charge >= 0.3 is 0 Å². The van der Waals surface area contributed by atoms with E-state index in [4.69, 9.17) is 26.1 Å². The third-order valence-electron chi connectivity index (χ3n) is 6.61. The molecule has 2 aliphatic rings. The highest BCUT2D eigenvalue weighted by molar-refractivity contribution is 9.10. The molecule has 5 nitrogen and oxygen atoms in total. The van der Waals surface area contributed by atoms with Crippen molar-refractivity contribution in [3.8, 4) is 11.5 Å². The Morgan fingerprint density at radius 3 is 2.63 bits per heavy atom. The molecule has 0 fully saturated rings. The number of aliphatic imine (C=N–C) groups is 1. The van der Waals surface area contributed by atoms with Crippen LogP contribution >= 0.6 is 38.9 Å². The van der Waals surface area contributed by atoms with Crippen LogP contribution in [0.1, 0.15) is 53.6 Å². The average molecular weight is 574 g/mol. The van der Waals surface area contributed by atoms with Crippen molar-refractivity contribution in [1.29, 1.82) is 0 Å². The third-order valence-corrected chi connectivity index (χ3v) is 8.71. The minimum atomic E-state index is -0.143. The molecule has 0 radical (unpaired) electrons. The molecule has 1 aliphatic carbocycles. The SMILES string of the molecule is CC(C)(C)[C@H]1CCc2c(sc(N=Cc3cc4c(cc3Br)OCO4)c2C(=O)Nc2ccc(Cl)cc2)C1. The minimum absolute atomic E-state index is 0.143. The van der Waals surface area contributed by atoms with Crippen molar-refractivity contribution in [2.75, 3.05) is 12.1 Å². The van der Waals surface area contributed by atoms with Crippen LogP contribution in [-0.4, -0.2) is 18.9 Å². The van der Waals surface area contributed by atoms with Gasteiger partial charge in [0.25, 0.3) is 5.91 Å². The molecule has 35 heavy (non-hydrogen) atoms. The minimum Gasteiger partial charge on any atom is -0.454 e. The number of nitrogens with one attached hydrogen (secondary N) is 1. The maximum absolute atomic E-state index is 13.5. The van der Waals surface area contributed by atoms with E-state index in [1.807, 2.05) is 12.1 Å². The number of rotatable bonds is 4. The van der Waals surface area contributed by atoms with E-state index in [0.717, 1.165) is 39.9 Å². The molecule has 0 saturated carbocycles. The average Bonchev–Trinajstić information content (AvgIpc) is 3.41. The molecule has 1 atom stereocenters. The summed E-state index contributed by atoms with van der Waals surface area (Å²) in [4.78, 5) is 19.6. The quantitative estimate of drug-likeness (QED) is 0.321. The predicted octanol–water partition coefficient (Wildman–Crippen LogP) is 8.05. The molecule has 0 saturated heterocycles. The van der Waals surface area contributed by atoms with E-state index in [-0.39, 0.29) is 18.1 Å². The monoisotopic (exact) mass is 572 g/mol. The van der Waals surface area contributed by atoms with Crippen molar-refractivity contribution < 1.29 is 14.3 Å². The highest BCUT2D eigenvalue weighted by atomic mass is 79.9. The Morgan fingerprint density at radius 2 is 1.91 bits per heavy atom. The lowest BCUT2D eigenvalue weighted by Gasteiger charge is -2.33. The summed E-state index contributed by atoms with van der Waals surface area (Å²) in [7, 11) is 0. The summed E-state index contributed by atoms with van der Waals surface area (Å²) in [6.45, 7) is 7.09. The number of thiophene rings is 1. The molecule has 1 aromatic heterocycles. The number of hydrogen-bond acceptors (Lipinski definition) is 5. The second kappa shape index (κ2) is 9.60. The van der Waals surface area contributed by atoms with E-state index in [1.165, 1.54) is 4.88 Å². The number of hydrogen-bond donors (Lipinski definition) is 1. The number of anilines is 1. The summed E-state index contributed by atoms with van der Waals surface area (Å²) >= 11 is 11.2. The molecule has 2 aromatic carbocycles. The van der Waals surface area contributed by atoms with Crippen molar-refractivity contribution in [1.82, 2.24) is 0 Å². The van der Waals surface area contributed by atoms with Gasteiger partial charge in [-0.1, -0.05) is 32.4 Å². The van der Waals surface area contributed by atoms with Crippen LogP contribution in [0.4, 0.5) is 10.7 Å². The van der Waals surface area contributed by atoms with E-state index in [1.54, 1.807) is 41.8 Å². The molecule has 0 unspecified atom stereocenters. The fraction of sp³-hybridized carbons (Fsp3) is 0.333. The Hall–Kier alpha value is -2.35. The first-order valence-electron chi connectivity index (χ1n) is 11.5. The highest BCUT2D eigenvalue weighted by Gasteiger charge is 2.33. The zero-order valence-electron chi connectivity index (χ0n) is 19.8. The number of halogens is 2. The topological polar surface area (TPSA) is 59.9 Å². The molecule has 0 bridgehead atoms. The normalized spacial score (nSPS) is 17.0. The molecule has 182 valence electrons. The fourth-order valence-corrected chi connectivity index (χ4v) is 6.34. The standard InChI is InChI=1S/C27H26BrClN2O3S/c1-27(2,3)16-4-9-19-23(11-16)35-26(24(19)25(32)31-18-7-5-17(29)6-8-18)30-13-15-10-21-22(12-20(15)28)34-14-33-21/h5-8,10,12-13,16H,4,9,11,14H2,1-3H3,(H,31,32)/t16-/m0/s1. The summed E-state index contributed by atoms with van der Waals surface area (Å²) < 4.78 is 11.8. The van der Waals surface area contributed by atoms with Crippen LogP contribution in [-0.2, 0) is 12.8 Å². The van der Waals surface area contributed by atoms with Gasteiger partial charge in [0.05, 0.1) is 5.56 Å². The molecule has 3 aromatic rings. The van der Waals surface area contributed by atoms with Crippen molar-refractivity contribution in [2.45, 2.75) is 40.0 Å². The summed E-state index contributed by atoms with van der Waals surface area (Å²) in [5.74, 6) is 1.82. The molecule has 1 N–H and O–H groups in total. The van der Waals surface area contributed by atoms with E-state index in [9.17, 15) is 4.79 Å². The Balaban J connectivity index is 1.51. The number of fused-ring (bicyclic) bond motifs is 2. The van der Waals surface area contributed by atoms with Gasteiger partial charge in [0.15, 0.2) is 11.5 Å². The number of carbonyl (C=O) groups excluding carboxylic acids is 1. The first-order valence-corrected chi connectivity index (χ1v) is 13.5. The van der Waals surface area contributed by atoms with Gasteiger partial charge < -0.3 is 14.8 Å². The maximum atomic E-state index is 13.5. The number of nitrogens with zero attached hydrogens (tertiary/aromatic N) is 1. The van der Waals surface area contributed by atoms with E-state index in [2.05, 4.69) is 42.0 Å². The molecular weight excluding hydrogens is 548 g/mol. The van der Waals surface area contributed by atoms with Crippen LogP contribution in [0.15, 0.2) is 45.9 Å². The van der Waals surface area contributed by atoms with Crippen molar-refractivity contribution >= 4 is 61.7 Å². The number of amides is 1. The summed E-state index contributed by atoms with van der Waals surface area (Å²) in [5, 5.41) is 4.39. The zero-order valence-corrected chi connectivity index (χ0v) is 22.9. The van der Waals surface area contributed by atoms with Gasteiger partial charge in [0.1, 0.15) is 5.00 Å². The second-order valence-corrected chi connectivity index (χ2v) is 12.3.